The minimum absolute atomic E-state index is 0.265. The largest absolute Gasteiger partial charge is 0.497 e. The summed E-state index contributed by atoms with van der Waals surface area (Å²) in [6.07, 6.45) is 0. The van der Waals surface area contributed by atoms with Crippen molar-refractivity contribution in [1.82, 2.24) is 0 Å². The molecule has 0 bridgehead atoms. The normalized spacial score (nSPS) is 9.93. The van der Waals surface area contributed by atoms with Crippen LogP contribution in [0.5, 0.6) is 11.5 Å². The Balaban J connectivity index is 2.59. The Bertz CT molecular complexity index is 289. The van der Waals surface area contributed by atoms with E-state index in [0.717, 1.165) is 16.0 Å². The van der Waals surface area contributed by atoms with Crippen LogP contribution in [0.4, 0.5) is 0 Å². The van der Waals surface area contributed by atoms with E-state index in [4.69, 9.17) is 14.2 Å². The van der Waals surface area contributed by atoms with Crippen LogP contribution in [0.25, 0.3) is 0 Å². The molecule has 1 aromatic carbocycles. The van der Waals surface area contributed by atoms with E-state index in [0.29, 0.717) is 6.61 Å². The number of hydrogen-bond acceptors (Lipinski definition) is 3. The molecule has 0 radical (unpaired) electrons. The molecule has 0 aliphatic rings. The molecule has 0 amide bonds. The van der Waals surface area contributed by atoms with Gasteiger partial charge in [0.2, 0.25) is 0 Å². The van der Waals surface area contributed by atoms with E-state index in [2.05, 4.69) is 15.9 Å². The molecule has 0 aliphatic heterocycles. The first-order valence-electron chi connectivity index (χ1n) is 4.32. The summed E-state index contributed by atoms with van der Waals surface area (Å²) < 4.78 is 16.3. The van der Waals surface area contributed by atoms with Crippen molar-refractivity contribution in [3.63, 3.8) is 0 Å². The van der Waals surface area contributed by atoms with Crippen molar-refractivity contribution in [3.05, 3.63) is 22.7 Å². The molecule has 0 heterocycles. The minimum Gasteiger partial charge on any atom is -0.497 e. The maximum absolute atomic E-state index is 5.35. The fraction of sp³-hybridized carbons (Fsp3) is 0.400. The lowest BCUT2D eigenvalue weighted by Crippen LogP contribution is -2.02. The van der Waals surface area contributed by atoms with Gasteiger partial charge in [-0.3, -0.25) is 0 Å². The first kappa shape index (κ1) is 11.3. The van der Waals surface area contributed by atoms with E-state index in [9.17, 15) is 0 Å². The number of ether oxygens (including phenoxy) is 3. The molecule has 4 heteroatoms. The van der Waals surface area contributed by atoms with Crippen molar-refractivity contribution in [2.45, 2.75) is 6.92 Å². The van der Waals surface area contributed by atoms with E-state index in [1.807, 2.05) is 25.1 Å². The molecule has 1 rings (SSSR count). The van der Waals surface area contributed by atoms with E-state index >= 15 is 0 Å². The lowest BCUT2D eigenvalue weighted by atomic mass is 10.3. The van der Waals surface area contributed by atoms with Gasteiger partial charge >= 0.3 is 0 Å². The highest BCUT2D eigenvalue weighted by Crippen LogP contribution is 2.28. The molecule has 0 N–H and O–H groups in total. The molecule has 0 fully saturated rings. The van der Waals surface area contributed by atoms with Crippen LogP contribution in [0.2, 0.25) is 0 Å². The standard InChI is InChI=1S/C10H13BrO3/c1-3-13-7-14-10-5-4-8(12-2)6-9(10)11/h4-6H,3,7H2,1-2H3. The van der Waals surface area contributed by atoms with Crippen LogP contribution in [-0.4, -0.2) is 20.5 Å². The third kappa shape index (κ3) is 3.20. The van der Waals surface area contributed by atoms with E-state index in [1.165, 1.54) is 0 Å². The summed E-state index contributed by atoms with van der Waals surface area (Å²) in [6.45, 7) is 2.83. The van der Waals surface area contributed by atoms with Crippen molar-refractivity contribution in [3.8, 4) is 11.5 Å². The quantitative estimate of drug-likeness (QED) is 0.602. The van der Waals surface area contributed by atoms with Gasteiger partial charge in [0.25, 0.3) is 0 Å². The van der Waals surface area contributed by atoms with Crippen LogP contribution in [0, 0.1) is 0 Å². The van der Waals surface area contributed by atoms with Gasteiger partial charge in [0, 0.05) is 6.61 Å². The van der Waals surface area contributed by atoms with Gasteiger partial charge in [-0.2, -0.15) is 0 Å². The highest BCUT2D eigenvalue weighted by Gasteiger charge is 2.02. The Morgan fingerprint density at radius 3 is 2.71 bits per heavy atom. The Morgan fingerprint density at radius 1 is 1.36 bits per heavy atom. The Hall–Kier alpha value is -0.740. The van der Waals surface area contributed by atoms with E-state index < -0.39 is 0 Å². The van der Waals surface area contributed by atoms with Crippen molar-refractivity contribution in [2.24, 2.45) is 0 Å². The summed E-state index contributed by atoms with van der Waals surface area (Å²) in [6, 6.07) is 5.52. The molecule has 0 aromatic heterocycles. The predicted octanol–water partition coefficient (Wildman–Crippen LogP) is 2.83. The summed E-state index contributed by atoms with van der Waals surface area (Å²) in [4.78, 5) is 0. The molecule has 14 heavy (non-hydrogen) atoms. The molecular formula is C10H13BrO3. The molecule has 3 nitrogen and oxygen atoms in total. The molecule has 0 saturated heterocycles. The second kappa shape index (κ2) is 5.88. The molecule has 0 saturated carbocycles. The van der Waals surface area contributed by atoms with Gasteiger partial charge in [-0.15, -0.1) is 0 Å². The Kier molecular flexibility index (Phi) is 4.76. The molecule has 1 aromatic rings. The predicted molar refractivity (Wildman–Crippen MR) is 57.8 cm³/mol. The van der Waals surface area contributed by atoms with Gasteiger partial charge in [-0.05, 0) is 41.1 Å². The number of benzene rings is 1. The van der Waals surface area contributed by atoms with Gasteiger partial charge in [0.1, 0.15) is 11.5 Å². The van der Waals surface area contributed by atoms with Crippen LogP contribution in [-0.2, 0) is 4.74 Å². The van der Waals surface area contributed by atoms with Crippen LogP contribution < -0.4 is 9.47 Å². The van der Waals surface area contributed by atoms with Crippen LogP contribution >= 0.6 is 15.9 Å². The first-order valence-corrected chi connectivity index (χ1v) is 5.11. The number of methoxy groups -OCH3 is 1. The third-order valence-electron chi connectivity index (χ3n) is 1.64. The number of halogens is 1. The second-order valence-electron chi connectivity index (χ2n) is 2.55. The molecule has 0 unspecified atom stereocenters. The molecule has 0 atom stereocenters. The highest BCUT2D eigenvalue weighted by molar-refractivity contribution is 9.10. The molecule has 0 aliphatic carbocycles. The van der Waals surface area contributed by atoms with Gasteiger partial charge in [-0.25, -0.2) is 0 Å². The zero-order valence-corrected chi connectivity index (χ0v) is 9.83. The summed E-state index contributed by atoms with van der Waals surface area (Å²) in [5, 5.41) is 0. The minimum atomic E-state index is 0.265. The van der Waals surface area contributed by atoms with Crippen molar-refractivity contribution in [2.75, 3.05) is 20.5 Å². The smallest absolute Gasteiger partial charge is 0.189 e. The second-order valence-corrected chi connectivity index (χ2v) is 3.41. The van der Waals surface area contributed by atoms with Crippen LogP contribution in [0.1, 0.15) is 6.92 Å². The van der Waals surface area contributed by atoms with Gasteiger partial charge in [0.15, 0.2) is 6.79 Å². The lowest BCUT2D eigenvalue weighted by molar-refractivity contribution is 0.0219. The first-order chi connectivity index (χ1) is 6.77. The van der Waals surface area contributed by atoms with Gasteiger partial charge in [-0.1, -0.05) is 0 Å². The highest BCUT2D eigenvalue weighted by atomic mass is 79.9. The molecular weight excluding hydrogens is 248 g/mol. The fourth-order valence-electron chi connectivity index (χ4n) is 0.914. The number of rotatable bonds is 5. The van der Waals surface area contributed by atoms with Crippen LogP contribution in [0.3, 0.4) is 0 Å². The van der Waals surface area contributed by atoms with Crippen LogP contribution in [0.15, 0.2) is 22.7 Å². The number of hydrogen-bond donors (Lipinski definition) is 0. The Labute approximate surface area is 92.1 Å². The van der Waals surface area contributed by atoms with Crippen molar-refractivity contribution in [1.29, 1.82) is 0 Å². The molecule has 0 spiro atoms. The molecule has 78 valence electrons. The van der Waals surface area contributed by atoms with E-state index in [1.54, 1.807) is 7.11 Å². The third-order valence-corrected chi connectivity index (χ3v) is 2.26. The average molecular weight is 261 g/mol. The summed E-state index contributed by atoms with van der Waals surface area (Å²) in [5.74, 6) is 1.54. The van der Waals surface area contributed by atoms with Crippen molar-refractivity contribution < 1.29 is 14.2 Å². The monoisotopic (exact) mass is 260 g/mol. The zero-order chi connectivity index (χ0) is 10.4. The van der Waals surface area contributed by atoms with Gasteiger partial charge < -0.3 is 14.2 Å². The fourth-order valence-corrected chi connectivity index (χ4v) is 1.39. The topological polar surface area (TPSA) is 27.7 Å². The van der Waals surface area contributed by atoms with Crippen molar-refractivity contribution >= 4 is 15.9 Å². The zero-order valence-electron chi connectivity index (χ0n) is 8.25. The van der Waals surface area contributed by atoms with E-state index in [-0.39, 0.29) is 6.79 Å². The Morgan fingerprint density at radius 2 is 2.14 bits per heavy atom. The SMILES string of the molecule is CCOCOc1ccc(OC)cc1Br. The lowest BCUT2D eigenvalue weighted by Gasteiger charge is -2.08. The maximum Gasteiger partial charge on any atom is 0.189 e. The summed E-state index contributed by atoms with van der Waals surface area (Å²) in [5.41, 5.74) is 0. The average Bonchev–Trinajstić information content (AvgIpc) is 2.20. The summed E-state index contributed by atoms with van der Waals surface area (Å²) >= 11 is 3.38. The summed E-state index contributed by atoms with van der Waals surface area (Å²) in [7, 11) is 1.63. The maximum atomic E-state index is 5.35. The van der Waals surface area contributed by atoms with Gasteiger partial charge in [0.05, 0.1) is 11.6 Å².